The van der Waals surface area contributed by atoms with Crippen LogP contribution in [-0.2, 0) is 53.1 Å². The van der Waals surface area contributed by atoms with Gasteiger partial charge in [0.15, 0.2) is 30.4 Å². The Bertz CT molecular complexity index is 3250. The standard InChI is InChI=1S/C67H65NO17/c1-76-53-32-28-50(29-33-53)67(49-26-16-7-17-27-49,51-30-34-54(77-2)35-31-51)81-40-48-38-52(69)39-55(48)56(70)41-78-37-36-68-58(71)43-80-66-61(85-65(75)47-24-14-6-15-25-47)60(84-64(74)46-22-12-5-13-23-46)59(83-63(73)45-20-10-4-11-21-45)57(82-66)42-79-62(72)44-18-8-3-9-19-44/h3-35,48,52,55,57,59-61,66,69H,36-43H2,1-2H3,(H,68,71)/t48-,52+,55?,57?,59-,60-,61?,66+/m0/s1. The van der Waals surface area contributed by atoms with Gasteiger partial charge in [-0.2, -0.15) is 0 Å². The number of benzene rings is 7. The molecule has 1 heterocycles. The number of carbonyl (C=O) groups excluding carboxylic acids is 6. The number of ketones is 1. The van der Waals surface area contributed by atoms with E-state index in [1.807, 2.05) is 78.9 Å². The summed E-state index contributed by atoms with van der Waals surface area (Å²) in [5.74, 6) is -4.06. The van der Waals surface area contributed by atoms with E-state index in [1.54, 1.807) is 87.0 Å². The lowest BCUT2D eigenvalue weighted by molar-refractivity contribution is -0.296. The summed E-state index contributed by atoms with van der Waals surface area (Å²) in [5.41, 5.74) is 1.82. The number of aliphatic hydroxyl groups is 1. The summed E-state index contributed by atoms with van der Waals surface area (Å²) < 4.78 is 60.3. The molecule has 0 bridgehead atoms. The maximum atomic E-state index is 14.0. The number of hydrogen-bond acceptors (Lipinski definition) is 17. The Morgan fingerprint density at radius 2 is 0.965 bits per heavy atom. The smallest absolute Gasteiger partial charge is 0.338 e. The SMILES string of the molecule is COc1ccc(C(OC[C@@H]2C[C@@H](O)CC2C(=O)COCCNC(=O)CO[C@@H]2OC(COC(=O)c3ccccc3)[C@H](OC(=O)c3ccccc3)[C@H](OC(=O)c3ccccc3)C2OC(=O)c2ccccc2)(c2ccccc2)c2ccc(OC)cc2)cc1. The fourth-order valence-corrected chi connectivity index (χ4v) is 10.4. The lowest BCUT2D eigenvalue weighted by atomic mass is 9.79. The van der Waals surface area contributed by atoms with Gasteiger partial charge in [-0.05, 0) is 108 Å². The second-order valence-corrected chi connectivity index (χ2v) is 20.2. The van der Waals surface area contributed by atoms with Crippen LogP contribution in [0, 0.1) is 11.8 Å². The van der Waals surface area contributed by atoms with Crippen LogP contribution in [0.1, 0.15) is 71.0 Å². The molecule has 0 aromatic heterocycles. The molecule has 7 aromatic rings. The minimum Gasteiger partial charge on any atom is -0.497 e. The van der Waals surface area contributed by atoms with Crippen LogP contribution < -0.4 is 14.8 Å². The minimum absolute atomic E-state index is 0.0799. The van der Waals surface area contributed by atoms with Crippen molar-refractivity contribution in [2.45, 2.75) is 55.3 Å². The van der Waals surface area contributed by atoms with E-state index in [-0.39, 0.29) is 66.7 Å². The van der Waals surface area contributed by atoms with E-state index < -0.39 is 91.3 Å². The van der Waals surface area contributed by atoms with E-state index in [2.05, 4.69) is 5.32 Å². The number of carbonyl (C=O) groups is 6. The van der Waals surface area contributed by atoms with Crippen molar-refractivity contribution in [1.29, 1.82) is 0 Å². The second-order valence-electron chi connectivity index (χ2n) is 20.2. The van der Waals surface area contributed by atoms with Gasteiger partial charge in [0.1, 0.15) is 43.0 Å². The Kier molecular flexibility index (Phi) is 21.0. The van der Waals surface area contributed by atoms with E-state index in [1.165, 1.54) is 48.5 Å². The largest absolute Gasteiger partial charge is 0.497 e. The average Bonchev–Trinajstić information content (AvgIpc) is 3.89. The molecular weight excluding hydrogens is 1090 g/mol. The summed E-state index contributed by atoms with van der Waals surface area (Å²) in [6.07, 6.45) is -8.47. The van der Waals surface area contributed by atoms with Crippen molar-refractivity contribution in [3.63, 3.8) is 0 Å². The fourth-order valence-electron chi connectivity index (χ4n) is 10.4. The first-order valence-electron chi connectivity index (χ1n) is 27.7. The van der Waals surface area contributed by atoms with Crippen LogP contribution in [0.15, 0.2) is 200 Å². The topological polar surface area (TPSA) is 227 Å². The molecule has 18 heteroatoms. The number of ether oxygens (including phenoxy) is 10. The van der Waals surface area contributed by atoms with E-state index in [9.17, 15) is 33.9 Å². The summed E-state index contributed by atoms with van der Waals surface area (Å²) in [5, 5.41) is 13.7. The molecule has 0 radical (unpaired) electrons. The summed E-state index contributed by atoms with van der Waals surface area (Å²) >= 11 is 0. The molecule has 2 aliphatic rings. The lowest BCUT2D eigenvalue weighted by Gasteiger charge is -2.44. The zero-order valence-corrected chi connectivity index (χ0v) is 46.8. The van der Waals surface area contributed by atoms with Crippen LogP contribution in [-0.4, -0.2) is 131 Å². The van der Waals surface area contributed by atoms with Crippen LogP contribution in [0.4, 0.5) is 0 Å². The molecule has 1 saturated heterocycles. The molecule has 8 atom stereocenters. The number of Topliss-reactive ketones (excluding diaryl/α,β-unsaturated/α-hetero) is 1. The summed E-state index contributed by atoms with van der Waals surface area (Å²) in [4.78, 5) is 82.8. The van der Waals surface area contributed by atoms with Crippen molar-refractivity contribution in [3.8, 4) is 11.5 Å². The van der Waals surface area contributed by atoms with Gasteiger partial charge in [-0.25, -0.2) is 19.2 Å². The molecule has 9 rings (SSSR count). The van der Waals surface area contributed by atoms with Crippen molar-refractivity contribution in [1.82, 2.24) is 5.32 Å². The summed E-state index contributed by atoms with van der Waals surface area (Å²) in [6, 6.07) is 56.8. The van der Waals surface area contributed by atoms with Gasteiger partial charge in [-0.1, -0.05) is 127 Å². The van der Waals surface area contributed by atoms with Crippen LogP contribution >= 0.6 is 0 Å². The second kappa shape index (κ2) is 29.5. The normalized spacial score (nSPS) is 20.0. The van der Waals surface area contributed by atoms with Gasteiger partial charge in [0.2, 0.25) is 5.91 Å². The maximum Gasteiger partial charge on any atom is 0.338 e. The third-order valence-corrected chi connectivity index (χ3v) is 14.7. The van der Waals surface area contributed by atoms with Gasteiger partial charge in [-0.15, -0.1) is 0 Å². The van der Waals surface area contributed by atoms with Crippen molar-refractivity contribution in [2.24, 2.45) is 11.8 Å². The van der Waals surface area contributed by atoms with E-state index in [0.29, 0.717) is 17.9 Å². The molecule has 18 nitrogen and oxygen atoms in total. The number of aliphatic hydroxyl groups excluding tert-OH is 1. The number of amides is 1. The maximum absolute atomic E-state index is 14.0. The summed E-state index contributed by atoms with van der Waals surface area (Å²) in [6.45, 7) is -1.73. The number of nitrogens with one attached hydrogen (secondary N) is 1. The molecule has 85 heavy (non-hydrogen) atoms. The van der Waals surface area contributed by atoms with Gasteiger partial charge in [0.25, 0.3) is 0 Å². The van der Waals surface area contributed by atoms with Crippen LogP contribution in [0.5, 0.6) is 11.5 Å². The molecule has 440 valence electrons. The van der Waals surface area contributed by atoms with Gasteiger partial charge >= 0.3 is 23.9 Å². The molecule has 3 unspecified atom stereocenters. The number of hydrogen-bond donors (Lipinski definition) is 2. The van der Waals surface area contributed by atoms with E-state index >= 15 is 0 Å². The molecule has 1 aliphatic carbocycles. The van der Waals surface area contributed by atoms with E-state index in [4.69, 9.17) is 47.4 Å². The minimum atomic E-state index is -1.73. The highest BCUT2D eigenvalue weighted by Gasteiger charge is 2.54. The van der Waals surface area contributed by atoms with E-state index in [0.717, 1.165) is 16.7 Å². The molecule has 2 fully saturated rings. The fraction of sp³-hybridized carbons (Fsp3) is 0.284. The molecule has 1 amide bonds. The highest BCUT2D eigenvalue weighted by atomic mass is 16.7. The molecular formula is C67H65NO17. The number of rotatable bonds is 26. The van der Waals surface area contributed by atoms with Crippen LogP contribution in [0.25, 0.3) is 0 Å². The third-order valence-electron chi connectivity index (χ3n) is 14.7. The van der Waals surface area contributed by atoms with Gasteiger partial charge < -0.3 is 57.8 Å². The Hall–Kier alpha value is -9.04. The average molecular weight is 1160 g/mol. The zero-order chi connectivity index (χ0) is 59.5. The number of esters is 4. The predicted octanol–water partition coefficient (Wildman–Crippen LogP) is 8.38. The highest BCUT2D eigenvalue weighted by molar-refractivity contribution is 5.92. The van der Waals surface area contributed by atoms with Gasteiger partial charge in [0, 0.05) is 12.5 Å². The first-order chi connectivity index (χ1) is 41.4. The predicted molar refractivity (Wildman–Crippen MR) is 308 cm³/mol. The van der Waals surface area contributed by atoms with Crippen molar-refractivity contribution < 1.29 is 81.2 Å². The Morgan fingerprint density at radius 3 is 1.46 bits per heavy atom. The van der Waals surface area contributed by atoms with Crippen molar-refractivity contribution >= 4 is 35.6 Å². The van der Waals surface area contributed by atoms with Crippen molar-refractivity contribution in [2.75, 3.05) is 53.8 Å². The van der Waals surface area contributed by atoms with Crippen LogP contribution in [0.3, 0.4) is 0 Å². The Balaban J connectivity index is 0.882. The monoisotopic (exact) mass is 1160 g/mol. The lowest BCUT2D eigenvalue weighted by Crippen LogP contribution is -2.63. The zero-order valence-electron chi connectivity index (χ0n) is 46.8. The molecule has 0 spiro atoms. The third kappa shape index (κ3) is 15.4. The summed E-state index contributed by atoms with van der Waals surface area (Å²) in [7, 11) is 3.19. The Morgan fingerprint density at radius 1 is 0.518 bits per heavy atom. The first-order valence-corrected chi connectivity index (χ1v) is 27.7. The molecule has 2 N–H and O–H groups in total. The quantitative estimate of drug-likeness (QED) is 0.0225. The van der Waals surface area contributed by atoms with Crippen LogP contribution in [0.2, 0.25) is 0 Å². The molecule has 1 saturated carbocycles. The molecule has 1 aliphatic heterocycles. The highest BCUT2D eigenvalue weighted by Crippen LogP contribution is 2.44. The van der Waals surface area contributed by atoms with Gasteiger partial charge in [0.05, 0.1) is 55.8 Å². The Labute approximate surface area is 491 Å². The molecule has 7 aromatic carbocycles. The first kappa shape index (κ1) is 60.5. The number of methoxy groups -OCH3 is 2. The van der Waals surface area contributed by atoms with Gasteiger partial charge in [-0.3, -0.25) is 9.59 Å². The van der Waals surface area contributed by atoms with Crippen molar-refractivity contribution in [3.05, 3.63) is 239 Å².